The lowest BCUT2D eigenvalue weighted by Gasteiger charge is -2.25. The molecule has 2 saturated carbocycles. The first-order valence-corrected chi connectivity index (χ1v) is 7.90. The van der Waals surface area contributed by atoms with E-state index >= 15 is 0 Å². The Morgan fingerprint density at radius 3 is 2.76 bits per heavy atom. The third-order valence-corrected chi connectivity index (χ3v) is 5.30. The van der Waals surface area contributed by atoms with E-state index in [2.05, 4.69) is 12.2 Å². The van der Waals surface area contributed by atoms with E-state index in [-0.39, 0.29) is 5.91 Å². The first-order valence-electron chi connectivity index (χ1n) is 6.85. The van der Waals surface area contributed by atoms with Gasteiger partial charge in [0.2, 0.25) is 5.91 Å². The zero-order valence-corrected chi connectivity index (χ0v) is 11.5. The lowest BCUT2D eigenvalue weighted by atomic mass is 9.97. The van der Waals surface area contributed by atoms with Gasteiger partial charge >= 0.3 is 0 Å². The molecule has 2 atom stereocenters. The molecule has 2 unspecified atom stereocenters. The first-order chi connectivity index (χ1) is 8.14. The quantitative estimate of drug-likeness (QED) is 0.809. The molecule has 17 heavy (non-hydrogen) atoms. The molecule has 2 fully saturated rings. The largest absolute Gasteiger partial charge is 0.352 e. The number of thioether (sulfide) groups is 1. The van der Waals surface area contributed by atoms with Gasteiger partial charge in [0.15, 0.2) is 0 Å². The van der Waals surface area contributed by atoms with Crippen molar-refractivity contribution in [1.82, 2.24) is 5.32 Å². The summed E-state index contributed by atoms with van der Waals surface area (Å²) in [4.78, 5) is 12.1. The van der Waals surface area contributed by atoms with Crippen molar-refractivity contribution in [3.05, 3.63) is 0 Å². The molecule has 2 rings (SSSR count). The van der Waals surface area contributed by atoms with Crippen molar-refractivity contribution < 1.29 is 4.79 Å². The van der Waals surface area contributed by atoms with E-state index in [1.165, 1.54) is 12.2 Å². The van der Waals surface area contributed by atoms with E-state index in [1.807, 2.05) is 11.8 Å². The van der Waals surface area contributed by atoms with E-state index < -0.39 is 5.54 Å². The summed E-state index contributed by atoms with van der Waals surface area (Å²) in [6, 6.07) is 0.368. The SMILES string of the molecule is CCSC1CCC(NC(=O)C2(N)CCCC2)C1. The summed E-state index contributed by atoms with van der Waals surface area (Å²) in [5, 5.41) is 3.91. The molecular weight excluding hydrogens is 232 g/mol. The standard InChI is InChI=1S/C13H24N2OS/c1-2-17-11-6-5-10(9-11)15-12(16)13(14)7-3-4-8-13/h10-11H,2-9,14H2,1H3,(H,15,16). The van der Waals surface area contributed by atoms with Crippen LogP contribution in [0, 0.1) is 0 Å². The van der Waals surface area contributed by atoms with Crippen LogP contribution in [-0.4, -0.2) is 28.5 Å². The van der Waals surface area contributed by atoms with Crippen molar-refractivity contribution >= 4 is 17.7 Å². The van der Waals surface area contributed by atoms with Crippen molar-refractivity contribution in [2.24, 2.45) is 5.73 Å². The van der Waals surface area contributed by atoms with Crippen LogP contribution in [0.15, 0.2) is 0 Å². The van der Waals surface area contributed by atoms with Crippen LogP contribution in [0.3, 0.4) is 0 Å². The fourth-order valence-electron chi connectivity index (χ4n) is 3.02. The molecule has 3 N–H and O–H groups in total. The van der Waals surface area contributed by atoms with Gasteiger partial charge in [-0.3, -0.25) is 4.79 Å². The smallest absolute Gasteiger partial charge is 0.240 e. The fourth-order valence-corrected chi connectivity index (χ4v) is 4.16. The number of hydrogen-bond donors (Lipinski definition) is 2. The number of nitrogens with two attached hydrogens (primary N) is 1. The summed E-state index contributed by atoms with van der Waals surface area (Å²) in [5.74, 6) is 1.27. The number of rotatable bonds is 4. The predicted molar refractivity (Wildman–Crippen MR) is 73.1 cm³/mol. The summed E-state index contributed by atoms with van der Waals surface area (Å²) in [7, 11) is 0. The third-order valence-electron chi connectivity index (χ3n) is 4.07. The molecule has 0 bridgehead atoms. The molecule has 0 heterocycles. The Morgan fingerprint density at radius 2 is 2.12 bits per heavy atom. The predicted octanol–water partition coefficient (Wildman–Crippen LogP) is 2.05. The summed E-state index contributed by atoms with van der Waals surface area (Å²) in [6.07, 6.45) is 7.41. The molecule has 1 amide bonds. The van der Waals surface area contributed by atoms with Crippen molar-refractivity contribution in [1.29, 1.82) is 0 Å². The van der Waals surface area contributed by atoms with Gasteiger partial charge in [0.05, 0.1) is 5.54 Å². The van der Waals surface area contributed by atoms with Gasteiger partial charge in [-0.05, 0) is 37.9 Å². The van der Waals surface area contributed by atoms with Gasteiger partial charge in [-0.15, -0.1) is 0 Å². The molecule has 0 saturated heterocycles. The maximum Gasteiger partial charge on any atom is 0.240 e. The number of carbonyl (C=O) groups excluding carboxylic acids is 1. The van der Waals surface area contributed by atoms with Gasteiger partial charge in [0.25, 0.3) is 0 Å². The van der Waals surface area contributed by atoms with Crippen LogP contribution < -0.4 is 11.1 Å². The third kappa shape index (κ3) is 3.16. The molecule has 4 heteroatoms. The Kier molecular flexibility index (Phi) is 4.36. The van der Waals surface area contributed by atoms with E-state index in [0.717, 1.165) is 43.8 Å². The highest BCUT2D eigenvalue weighted by Crippen LogP contribution is 2.31. The zero-order chi connectivity index (χ0) is 12.3. The van der Waals surface area contributed by atoms with Gasteiger partial charge in [0.1, 0.15) is 0 Å². The lowest BCUT2D eigenvalue weighted by Crippen LogP contribution is -2.54. The second kappa shape index (κ2) is 5.61. The molecule has 0 aliphatic heterocycles. The second-order valence-electron chi connectivity index (χ2n) is 5.42. The molecule has 0 aromatic rings. The van der Waals surface area contributed by atoms with E-state index in [9.17, 15) is 4.79 Å². The average Bonchev–Trinajstić information content (AvgIpc) is 2.90. The minimum absolute atomic E-state index is 0.0992. The number of carbonyl (C=O) groups is 1. The monoisotopic (exact) mass is 256 g/mol. The lowest BCUT2D eigenvalue weighted by molar-refractivity contribution is -0.126. The van der Waals surface area contributed by atoms with Gasteiger partial charge in [-0.1, -0.05) is 19.8 Å². The van der Waals surface area contributed by atoms with Crippen LogP contribution in [0.4, 0.5) is 0 Å². The minimum atomic E-state index is -0.560. The summed E-state index contributed by atoms with van der Waals surface area (Å²) in [6.45, 7) is 2.20. The highest BCUT2D eigenvalue weighted by molar-refractivity contribution is 7.99. The van der Waals surface area contributed by atoms with Crippen LogP contribution in [0.5, 0.6) is 0 Å². The number of nitrogens with one attached hydrogen (secondary N) is 1. The Morgan fingerprint density at radius 1 is 1.41 bits per heavy atom. The van der Waals surface area contributed by atoms with Gasteiger partial charge in [-0.25, -0.2) is 0 Å². The molecule has 0 spiro atoms. The molecule has 2 aliphatic carbocycles. The molecule has 0 radical (unpaired) electrons. The Balaban J connectivity index is 1.80. The highest BCUT2D eigenvalue weighted by Gasteiger charge is 2.38. The molecule has 98 valence electrons. The maximum atomic E-state index is 12.1. The van der Waals surface area contributed by atoms with E-state index in [0.29, 0.717) is 6.04 Å². The zero-order valence-electron chi connectivity index (χ0n) is 10.7. The van der Waals surface area contributed by atoms with E-state index in [1.54, 1.807) is 0 Å². The fraction of sp³-hybridized carbons (Fsp3) is 0.923. The Bertz CT molecular complexity index is 277. The molecule has 3 nitrogen and oxygen atoms in total. The topological polar surface area (TPSA) is 55.1 Å². The van der Waals surface area contributed by atoms with Crippen LogP contribution in [0.25, 0.3) is 0 Å². The Labute approximate surface area is 108 Å². The summed E-state index contributed by atoms with van der Waals surface area (Å²) >= 11 is 2.02. The van der Waals surface area contributed by atoms with Crippen molar-refractivity contribution in [2.75, 3.05) is 5.75 Å². The van der Waals surface area contributed by atoms with Crippen LogP contribution in [-0.2, 0) is 4.79 Å². The van der Waals surface area contributed by atoms with Crippen molar-refractivity contribution in [2.45, 2.75) is 68.7 Å². The van der Waals surface area contributed by atoms with E-state index in [4.69, 9.17) is 5.73 Å². The first kappa shape index (κ1) is 13.2. The maximum absolute atomic E-state index is 12.1. The molecule has 2 aliphatic rings. The number of amides is 1. The summed E-state index contributed by atoms with van der Waals surface area (Å²) < 4.78 is 0. The highest BCUT2D eigenvalue weighted by atomic mass is 32.2. The van der Waals surface area contributed by atoms with Crippen LogP contribution in [0.1, 0.15) is 51.9 Å². The van der Waals surface area contributed by atoms with Crippen LogP contribution >= 0.6 is 11.8 Å². The van der Waals surface area contributed by atoms with Gasteiger partial charge in [0, 0.05) is 11.3 Å². The van der Waals surface area contributed by atoms with Crippen LogP contribution in [0.2, 0.25) is 0 Å². The molecule has 0 aromatic carbocycles. The van der Waals surface area contributed by atoms with Gasteiger partial charge < -0.3 is 11.1 Å². The normalized spacial score (nSPS) is 31.6. The Hall–Kier alpha value is -0.220. The molecular formula is C13H24N2OS. The second-order valence-corrected chi connectivity index (χ2v) is 7.00. The molecule has 0 aromatic heterocycles. The summed E-state index contributed by atoms with van der Waals surface area (Å²) in [5.41, 5.74) is 5.60. The number of hydrogen-bond acceptors (Lipinski definition) is 3. The minimum Gasteiger partial charge on any atom is -0.352 e. The average molecular weight is 256 g/mol. The van der Waals surface area contributed by atoms with Crippen molar-refractivity contribution in [3.8, 4) is 0 Å². The van der Waals surface area contributed by atoms with Crippen molar-refractivity contribution in [3.63, 3.8) is 0 Å². The van der Waals surface area contributed by atoms with Gasteiger partial charge in [-0.2, -0.15) is 11.8 Å².